The summed E-state index contributed by atoms with van der Waals surface area (Å²) in [4.78, 5) is 7.52. The molecule has 1 aromatic carbocycles. The van der Waals surface area contributed by atoms with Gasteiger partial charge < -0.3 is 24.9 Å². The molecule has 218 valence electrons. The molecule has 0 amide bonds. The molecule has 2 saturated heterocycles. The largest absolute Gasteiger partial charge is 0.491 e. The van der Waals surface area contributed by atoms with E-state index in [1.807, 2.05) is 0 Å². The van der Waals surface area contributed by atoms with Gasteiger partial charge in [-0.3, -0.25) is 4.98 Å². The Hall–Kier alpha value is -2.59. The first-order chi connectivity index (χ1) is 19.1. The number of aliphatic hydroxyl groups excluding tert-OH is 1. The summed E-state index contributed by atoms with van der Waals surface area (Å²) >= 11 is 0. The Kier molecular flexibility index (Phi) is 8.47. The quantitative estimate of drug-likeness (QED) is 0.256. The van der Waals surface area contributed by atoms with Crippen LogP contribution in [0.1, 0.15) is 26.2 Å². The van der Waals surface area contributed by atoms with E-state index in [9.17, 15) is 21.9 Å². The first kappa shape index (κ1) is 28.9. The lowest BCUT2D eigenvalue weighted by Gasteiger charge is -2.38. The summed E-state index contributed by atoms with van der Waals surface area (Å²) in [6.45, 7) is 3.44. The number of ether oxygens (including phenoxy) is 2. The molecule has 4 N–H and O–H groups in total. The van der Waals surface area contributed by atoms with Crippen molar-refractivity contribution in [3.8, 4) is 5.75 Å². The van der Waals surface area contributed by atoms with Crippen LogP contribution in [0.15, 0.2) is 58.6 Å². The van der Waals surface area contributed by atoms with Gasteiger partial charge in [-0.2, -0.15) is 4.31 Å². The first-order valence-electron chi connectivity index (χ1n) is 13.3. The normalized spacial score (nSPS) is 20.7. The standard InChI is InChI=1S/C26H35N5O7S2/c1-2-30-39(33,34)22-5-3-4-21(12-22)37-18-20(32)15-28-19-14-26(38-17-19)7-10-31(11-8-26)40(35,36)23-13-25-24(29-16-23)6-9-27-25/h3-6,9,12-13,16,19-20,27-28,30,32H,2,7-8,10-11,14-15,17-18H2,1H3/t19?,20-/m0/s1. The minimum Gasteiger partial charge on any atom is -0.491 e. The van der Waals surface area contributed by atoms with Gasteiger partial charge in [-0.15, -0.1) is 0 Å². The molecule has 0 bridgehead atoms. The molecular formula is C26H35N5O7S2. The maximum absolute atomic E-state index is 13.2. The summed E-state index contributed by atoms with van der Waals surface area (Å²) in [5, 5.41) is 13.8. The third kappa shape index (κ3) is 6.33. The van der Waals surface area contributed by atoms with Crippen LogP contribution in [0.25, 0.3) is 11.0 Å². The number of piperidine rings is 1. The molecule has 1 spiro atoms. The summed E-state index contributed by atoms with van der Waals surface area (Å²) in [5.41, 5.74) is 1.00. The van der Waals surface area contributed by atoms with Crippen molar-refractivity contribution in [3.05, 3.63) is 48.8 Å². The zero-order valence-electron chi connectivity index (χ0n) is 22.2. The molecule has 2 aliphatic rings. The van der Waals surface area contributed by atoms with Crippen LogP contribution in [0.4, 0.5) is 0 Å². The molecule has 3 aromatic rings. The Labute approximate surface area is 234 Å². The van der Waals surface area contributed by atoms with Gasteiger partial charge in [-0.1, -0.05) is 13.0 Å². The van der Waals surface area contributed by atoms with Crippen molar-refractivity contribution >= 4 is 31.1 Å². The van der Waals surface area contributed by atoms with Gasteiger partial charge in [-0.25, -0.2) is 21.6 Å². The number of sulfonamides is 2. The number of aromatic amines is 1. The van der Waals surface area contributed by atoms with Crippen molar-refractivity contribution in [1.29, 1.82) is 0 Å². The van der Waals surface area contributed by atoms with Gasteiger partial charge in [0.25, 0.3) is 0 Å². The zero-order valence-corrected chi connectivity index (χ0v) is 23.9. The number of H-pyrrole nitrogens is 1. The van der Waals surface area contributed by atoms with Crippen LogP contribution in [0, 0.1) is 0 Å². The molecule has 2 fully saturated rings. The van der Waals surface area contributed by atoms with Crippen molar-refractivity contribution < 1.29 is 31.4 Å². The second-order valence-electron chi connectivity index (χ2n) is 10.2. The molecule has 12 nitrogen and oxygen atoms in total. The number of benzene rings is 1. The number of hydrogen-bond donors (Lipinski definition) is 4. The van der Waals surface area contributed by atoms with Crippen molar-refractivity contribution in [2.24, 2.45) is 0 Å². The number of rotatable bonds is 11. The van der Waals surface area contributed by atoms with Crippen LogP contribution in [0.5, 0.6) is 5.75 Å². The van der Waals surface area contributed by atoms with Crippen LogP contribution in [0.2, 0.25) is 0 Å². The average Bonchev–Trinajstić information content (AvgIpc) is 3.58. The third-order valence-electron chi connectivity index (χ3n) is 7.39. The SMILES string of the molecule is CCNS(=O)(=O)c1cccc(OC[C@@H](O)CNC2COC3(CCN(S(=O)(=O)c4cnc5cc[nH]c5c4)CC3)C2)c1. The lowest BCUT2D eigenvalue weighted by molar-refractivity contribution is -0.0312. The number of pyridine rings is 1. The number of hydrogen-bond acceptors (Lipinski definition) is 9. The zero-order chi connectivity index (χ0) is 28.4. The Bertz CT molecular complexity index is 1540. The summed E-state index contributed by atoms with van der Waals surface area (Å²) in [6.07, 6.45) is 4.20. The Balaban J connectivity index is 1.08. The van der Waals surface area contributed by atoms with Crippen LogP contribution in [-0.4, -0.2) is 93.4 Å². The van der Waals surface area contributed by atoms with E-state index in [-0.39, 0.29) is 35.5 Å². The van der Waals surface area contributed by atoms with Crippen molar-refractivity contribution in [3.63, 3.8) is 0 Å². The molecule has 0 saturated carbocycles. The molecule has 4 heterocycles. The average molecular weight is 594 g/mol. The number of nitrogens with one attached hydrogen (secondary N) is 3. The summed E-state index contributed by atoms with van der Waals surface area (Å²) in [6, 6.07) is 9.57. The predicted octanol–water partition coefficient (Wildman–Crippen LogP) is 1.20. The Morgan fingerprint density at radius 2 is 2.00 bits per heavy atom. The van der Waals surface area contributed by atoms with Crippen molar-refractivity contribution in [2.45, 2.75) is 53.7 Å². The molecule has 2 aliphatic heterocycles. The van der Waals surface area contributed by atoms with Crippen LogP contribution in [0.3, 0.4) is 0 Å². The van der Waals surface area contributed by atoms with Gasteiger partial charge in [-0.05, 0) is 43.5 Å². The van der Waals surface area contributed by atoms with E-state index in [1.54, 1.807) is 37.4 Å². The van der Waals surface area contributed by atoms with E-state index in [0.29, 0.717) is 43.8 Å². The molecule has 1 unspecified atom stereocenters. The minimum atomic E-state index is -3.66. The Morgan fingerprint density at radius 3 is 2.77 bits per heavy atom. The molecule has 40 heavy (non-hydrogen) atoms. The summed E-state index contributed by atoms with van der Waals surface area (Å²) in [5.74, 6) is 0.353. The second-order valence-corrected chi connectivity index (χ2v) is 13.9. The van der Waals surface area contributed by atoms with E-state index in [2.05, 4.69) is 20.0 Å². The van der Waals surface area contributed by atoms with E-state index < -0.39 is 31.8 Å². The lowest BCUT2D eigenvalue weighted by Crippen LogP contribution is -2.47. The van der Waals surface area contributed by atoms with E-state index in [4.69, 9.17) is 9.47 Å². The highest BCUT2D eigenvalue weighted by Crippen LogP contribution is 2.37. The second kappa shape index (κ2) is 11.7. The van der Waals surface area contributed by atoms with E-state index >= 15 is 0 Å². The van der Waals surface area contributed by atoms with E-state index in [0.717, 1.165) is 11.9 Å². The molecular weight excluding hydrogens is 558 g/mol. The monoisotopic (exact) mass is 593 g/mol. The van der Waals surface area contributed by atoms with Gasteiger partial charge in [0.05, 0.1) is 28.1 Å². The molecule has 2 aromatic heterocycles. The fourth-order valence-corrected chi connectivity index (χ4v) is 7.71. The van der Waals surface area contributed by atoms with Gasteiger partial charge in [0.1, 0.15) is 23.4 Å². The Morgan fingerprint density at radius 1 is 1.20 bits per heavy atom. The minimum absolute atomic E-state index is 0.00756. The molecule has 0 aliphatic carbocycles. The van der Waals surface area contributed by atoms with Gasteiger partial charge in [0, 0.05) is 50.7 Å². The molecule has 2 atom stereocenters. The van der Waals surface area contributed by atoms with E-state index in [1.165, 1.54) is 22.6 Å². The summed E-state index contributed by atoms with van der Waals surface area (Å²) < 4.78 is 66.5. The predicted molar refractivity (Wildman–Crippen MR) is 148 cm³/mol. The van der Waals surface area contributed by atoms with Crippen LogP contribution in [-0.2, 0) is 24.8 Å². The fraction of sp³-hybridized carbons (Fsp3) is 0.500. The first-order valence-corrected chi connectivity index (χ1v) is 16.2. The highest BCUT2D eigenvalue weighted by Gasteiger charge is 2.44. The van der Waals surface area contributed by atoms with Gasteiger partial charge in [0.2, 0.25) is 20.0 Å². The molecule has 14 heteroatoms. The number of aliphatic hydroxyl groups is 1. The third-order valence-corrected chi connectivity index (χ3v) is 10.8. The maximum atomic E-state index is 13.2. The van der Waals surface area contributed by atoms with Gasteiger partial charge >= 0.3 is 0 Å². The van der Waals surface area contributed by atoms with Crippen LogP contribution >= 0.6 is 0 Å². The fourth-order valence-electron chi connectivity index (χ4n) is 5.22. The highest BCUT2D eigenvalue weighted by molar-refractivity contribution is 7.89. The van der Waals surface area contributed by atoms with Crippen LogP contribution < -0.4 is 14.8 Å². The molecule has 0 radical (unpaired) electrons. The summed E-state index contributed by atoms with van der Waals surface area (Å²) in [7, 11) is -7.26. The smallest absolute Gasteiger partial charge is 0.244 e. The number of fused-ring (bicyclic) bond motifs is 1. The van der Waals surface area contributed by atoms with Gasteiger partial charge in [0.15, 0.2) is 0 Å². The number of nitrogens with zero attached hydrogens (tertiary/aromatic N) is 2. The topological polar surface area (TPSA) is 163 Å². The molecule has 5 rings (SSSR count). The van der Waals surface area contributed by atoms with Crippen molar-refractivity contribution in [1.82, 2.24) is 24.3 Å². The number of aromatic nitrogens is 2. The van der Waals surface area contributed by atoms with Crippen molar-refractivity contribution in [2.75, 3.05) is 39.4 Å². The maximum Gasteiger partial charge on any atom is 0.244 e. The highest BCUT2D eigenvalue weighted by atomic mass is 32.2. The lowest BCUT2D eigenvalue weighted by atomic mass is 9.88.